The van der Waals surface area contributed by atoms with E-state index in [2.05, 4.69) is 10.6 Å². The number of para-hydroxylation sites is 2. The molecular formula is C23H27F3N4O2. The predicted molar refractivity (Wildman–Crippen MR) is 117 cm³/mol. The highest BCUT2D eigenvalue weighted by Crippen LogP contribution is 2.34. The van der Waals surface area contributed by atoms with Crippen LogP contribution < -0.4 is 10.6 Å². The van der Waals surface area contributed by atoms with Gasteiger partial charge < -0.3 is 15.5 Å². The molecule has 0 bridgehead atoms. The second kappa shape index (κ2) is 10.0. The zero-order chi connectivity index (χ0) is 23.3. The minimum absolute atomic E-state index is 0.0316. The van der Waals surface area contributed by atoms with Crippen LogP contribution >= 0.6 is 0 Å². The molecule has 1 heterocycles. The van der Waals surface area contributed by atoms with Crippen molar-refractivity contribution in [3.63, 3.8) is 0 Å². The first-order valence-corrected chi connectivity index (χ1v) is 10.4. The summed E-state index contributed by atoms with van der Waals surface area (Å²) in [6.07, 6.45) is -4.54. The number of nitrogens with zero attached hydrogens (tertiary/aromatic N) is 2. The average Bonchev–Trinajstić information content (AvgIpc) is 2.73. The summed E-state index contributed by atoms with van der Waals surface area (Å²) in [6, 6.07) is 10.8. The van der Waals surface area contributed by atoms with Gasteiger partial charge in [0.1, 0.15) is 0 Å². The van der Waals surface area contributed by atoms with Gasteiger partial charge in [-0.1, -0.05) is 30.3 Å². The van der Waals surface area contributed by atoms with Crippen molar-refractivity contribution >= 4 is 23.2 Å². The number of benzene rings is 2. The Morgan fingerprint density at radius 1 is 0.938 bits per heavy atom. The van der Waals surface area contributed by atoms with Crippen molar-refractivity contribution in [1.29, 1.82) is 0 Å². The number of amides is 2. The topological polar surface area (TPSA) is 64.7 Å². The second-order valence-corrected chi connectivity index (χ2v) is 7.87. The fourth-order valence-electron chi connectivity index (χ4n) is 3.76. The van der Waals surface area contributed by atoms with Crippen molar-refractivity contribution in [3.8, 4) is 0 Å². The van der Waals surface area contributed by atoms with Crippen LogP contribution in [0.3, 0.4) is 0 Å². The normalized spacial score (nSPS) is 14.8. The molecule has 6 nitrogen and oxygen atoms in total. The molecule has 2 N–H and O–H groups in total. The highest BCUT2D eigenvalue weighted by atomic mass is 19.4. The molecule has 0 aromatic heterocycles. The van der Waals surface area contributed by atoms with E-state index in [1.807, 2.05) is 36.9 Å². The Balaban J connectivity index is 1.47. The fourth-order valence-corrected chi connectivity index (χ4v) is 3.76. The van der Waals surface area contributed by atoms with Crippen LogP contribution in [0.2, 0.25) is 0 Å². The average molecular weight is 448 g/mol. The number of hydrogen-bond donors (Lipinski definition) is 2. The monoisotopic (exact) mass is 448 g/mol. The predicted octanol–water partition coefficient (Wildman–Crippen LogP) is 3.52. The van der Waals surface area contributed by atoms with Crippen LogP contribution in [-0.4, -0.2) is 60.9 Å². The molecule has 0 aliphatic carbocycles. The number of hydrogen-bond acceptors (Lipinski definition) is 4. The molecule has 0 unspecified atom stereocenters. The van der Waals surface area contributed by atoms with Gasteiger partial charge in [0, 0.05) is 31.9 Å². The zero-order valence-corrected chi connectivity index (χ0v) is 18.1. The summed E-state index contributed by atoms with van der Waals surface area (Å²) in [6.45, 7) is 5.98. The highest BCUT2D eigenvalue weighted by Gasteiger charge is 2.33. The number of aryl methyl sites for hydroxylation is 2. The van der Waals surface area contributed by atoms with Gasteiger partial charge >= 0.3 is 6.18 Å². The zero-order valence-electron chi connectivity index (χ0n) is 18.1. The molecule has 2 aromatic rings. The number of piperazine rings is 1. The third-order valence-electron chi connectivity index (χ3n) is 5.50. The van der Waals surface area contributed by atoms with Crippen LogP contribution in [0.25, 0.3) is 0 Å². The Hall–Kier alpha value is -3.07. The quantitative estimate of drug-likeness (QED) is 0.710. The number of rotatable bonds is 6. The minimum atomic E-state index is -4.54. The van der Waals surface area contributed by atoms with Crippen LogP contribution in [-0.2, 0) is 15.8 Å². The summed E-state index contributed by atoms with van der Waals surface area (Å²) in [5.74, 6) is -0.547. The van der Waals surface area contributed by atoms with Gasteiger partial charge in [-0.3, -0.25) is 14.5 Å². The van der Waals surface area contributed by atoms with E-state index in [-0.39, 0.29) is 24.7 Å². The highest BCUT2D eigenvalue weighted by molar-refractivity contribution is 5.93. The maximum Gasteiger partial charge on any atom is 0.418 e. The summed E-state index contributed by atoms with van der Waals surface area (Å²) in [5, 5.41) is 5.56. The van der Waals surface area contributed by atoms with Gasteiger partial charge in [0.05, 0.1) is 24.3 Å². The summed E-state index contributed by atoms with van der Waals surface area (Å²) in [7, 11) is 0. The van der Waals surface area contributed by atoms with Crippen molar-refractivity contribution < 1.29 is 22.8 Å². The smallest absolute Gasteiger partial charge is 0.376 e. The van der Waals surface area contributed by atoms with E-state index in [9.17, 15) is 22.8 Å². The Bertz CT molecular complexity index is 950. The van der Waals surface area contributed by atoms with E-state index in [1.54, 1.807) is 4.90 Å². The molecule has 1 fully saturated rings. The Morgan fingerprint density at radius 2 is 1.56 bits per heavy atom. The molecule has 3 rings (SSSR count). The third-order valence-corrected chi connectivity index (χ3v) is 5.50. The molecule has 172 valence electrons. The fraction of sp³-hybridized carbons (Fsp3) is 0.391. The second-order valence-electron chi connectivity index (χ2n) is 7.87. The van der Waals surface area contributed by atoms with Crippen molar-refractivity contribution in [1.82, 2.24) is 9.80 Å². The molecule has 0 spiro atoms. The first kappa shape index (κ1) is 23.6. The van der Waals surface area contributed by atoms with Gasteiger partial charge in [0.25, 0.3) is 0 Å². The molecule has 0 atom stereocenters. The van der Waals surface area contributed by atoms with Crippen LogP contribution in [0.1, 0.15) is 16.7 Å². The molecule has 0 saturated carbocycles. The number of nitrogens with one attached hydrogen (secondary N) is 2. The lowest BCUT2D eigenvalue weighted by Crippen LogP contribution is -2.51. The molecule has 1 saturated heterocycles. The molecule has 32 heavy (non-hydrogen) atoms. The lowest BCUT2D eigenvalue weighted by Gasteiger charge is -2.34. The van der Waals surface area contributed by atoms with E-state index < -0.39 is 17.6 Å². The largest absolute Gasteiger partial charge is 0.418 e. The van der Waals surface area contributed by atoms with Gasteiger partial charge in [0.15, 0.2) is 0 Å². The lowest BCUT2D eigenvalue weighted by atomic mass is 10.1. The lowest BCUT2D eigenvalue weighted by molar-refractivity contribution is -0.137. The van der Waals surface area contributed by atoms with E-state index in [0.29, 0.717) is 26.2 Å². The minimum Gasteiger partial charge on any atom is -0.376 e. The first-order chi connectivity index (χ1) is 15.1. The molecule has 2 amide bonds. The van der Waals surface area contributed by atoms with Crippen molar-refractivity contribution in [2.24, 2.45) is 0 Å². The number of alkyl halides is 3. The Kier molecular flexibility index (Phi) is 7.40. The first-order valence-electron chi connectivity index (χ1n) is 10.4. The van der Waals surface area contributed by atoms with Crippen LogP contribution in [0, 0.1) is 13.8 Å². The molecule has 1 aliphatic heterocycles. The summed E-state index contributed by atoms with van der Waals surface area (Å²) in [4.78, 5) is 28.4. The molecule has 0 radical (unpaired) electrons. The Morgan fingerprint density at radius 3 is 2.19 bits per heavy atom. The summed E-state index contributed by atoms with van der Waals surface area (Å²) >= 11 is 0. The van der Waals surface area contributed by atoms with Gasteiger partial charge in [-0.2, -0.15) is 13.2 Å². The van der Waals surface area contributed by atoms with Crippen LogP contribution in [0.4, 0.5) is 24.5 Å². The van der Waals surface area contributed by atoms with E-state index in [4.69, 9.17) is 0 Å². The van der Waals surface area contributed by atoms with Gasteiger partial charge in [-0.25, -0.2) is 0 Å². The number of halogens is 3. The van der Waals surface area contributed by atoms with Gasteiger partial charge in [0.2, 0.25) is 11.8 Å². The van der Waals surface area contributed by atoms with Crippen molar-refractivity contribution in [2.75, 3.05) is 49.9 Å². The third kappa shape index (κ3) is 6.00. The molecule has 2 aromatic carbocycles. The molecule has 1 aliphatic rings. The number of anilines is 2. The van der Waals surface area contributed by atoms with Crippen molar-refractivity contribution in [3.05, 3.63) is 59.2 Å². The van der Waals surface area contributed by atoms with Gasteiger partial charge in [-0.15, -0.1) is 0 Å². The molecular weight excluding hydrogens is 421 g/mol. The SMILES string of the molecule is Cc1cccc(C)c1NCC(=O)N1CCN(CC(=O)Nc2ccccc2C(F)(F)F)CC1. The van der Waals surface area contributed by atoms with E-state index in [1.165, 1.54) is 18.2 Å². The van der Waals surface area contributed by atoms with Crippen molar-refractivity contribution in [2.45, 2.75) is 20.0 Å². The van der Waals surface area contributed by atoms with E-state index >= 15 is 0 Å². The number of carbonyl (C=O) groups is 2. The Labute approximate surface area is 185 Å². The summed E-state index contributed by atoms with van der Waals surface area (Å²) < 4.78 is 39.3. The maximum atomic E-state index is 13.1. The van der Waals surface area contributed by atoms with E-state index in [0.717, 1.165) is 22.9 Å². The maximum absolute atomic E-state index is 13.1. The van der Waals surface area contributed by atoms with Crippen LogP contribution in [0.5, 0.6) is 0 Å². The van der Waals surface area contributed by atoms with Gasteiger partial charge in [-0.05, 0) is 37.1 Å². The molecule has 9 heteroatoms. The van der Waals surface area contributed by atoms with Crippen LogP contribution in [0.15, 0.2) is 42.5 Å². The summed E-state index contributed by atoms with van der Waals surface area (Å²) in [5.41, 5.74) is 1.97. The number of carbonyl (C=O) groups excluding carboxylic acids is 2. The standard InChI is InChI=1S/C23H27F3N4O2/c1-16-6-5-7-17(2)22(16)27-14-21(32)30-12-10-29(11-13-30)15-20(31)28-19-9-4-3-8-18(19)23(24,25)26/h3-9,27H,10-15H2,1-2H3,(H,28,31).